The number of aromatic nitrogens is 3. The van der Waals surface area contributed by atoms with Gasteiger partial charge in [0.1, 0.15) is 5.82 Å². The number of amides is 1. The van der Waals surface area contributed by atoms with E-state index < -0.39 is 0 Å². The van der Waals surface area contributed by atoms with Crippen LogP contribution in [0.1, 0.15) is 45.9 Å². The minimum atomic E-state index is 0. The lowest BCUT2D eigenvalue weighted by Gasteiger charge is -2.27. The van der Waals surface area contributed by atoms with Gasteiger partial charge < -0.3 is 15.2 Å². The molecule has 0 aromatic carbocycles. The summed E-state index contributed by atoms with van der Waals surface area (Å²) in [5.74, 6) is 1.95. The summed E-state index contributed by atoms with van der Waals surface area (Å²) in [6.07, 6.45) is 5.66. The summed E-state index contributed by atoms with van der Waals surface area (Å²) < 4.78 is 2.21. The average molecular weight is 390 g/mol. The fraction of sp³-hybridized carbons (Fsp3) is 0.824. The Morgan fingerprint density at radius 3 is 2.84 bits per heavy atom. The number of nitrogens with zero attached hydrogens (tertiary/aromatic N) is 3. The molecular weight excluding hydrogens is 358 g/mol. The number of thioether (sulfide) groups is 1. The molecule has 6 nitrogen and oxygen atoms in total. The summed E-state index contributed by atoms with van der Waals surface area (Å²) in [6.45, 7) is 9.14. The molecule has 1 aliphatic heterocycles. The molecule has 8 heteroatoms. The van der Waals surface area contributed by atoms with Crippen molar-refractivity contribution in [3.8, 4) is 0 Å². The van der Waals surface area contributed by atoms with Crippen molar-refractivity contribution in [2.24, 2.45) is 11.8 Å². The molecule has 2 atom stereocenters. The number of piperidine rings is 1. The number of carbonyl (C=O) groups excluding carboxylic acids is 1. The predicted molar refractivity (Wildman–Crippen MR) is 105 cm³/mol. The molecular formula is C17H32ClN5OS. The van der Waals surface area contributed by atoms with Gasteiger partial charge in [0.25, 0.3) is 0 Å². The standard InChI is InChI=1S/C17H31N5OS.ClH/c1-12(2)11-22-15(20-21-17(22)24-4)6-5-8-19-16(23)14-7-9-18-13(3)10-14;/h12-14,18H,5-11H2,1-4H3,(H,19,23);1H/t13-,14-;/m0./s1. The fourth-order valence-corrected chi connectivity index (χ4v) is 3.70. The summed E-state index contributed by atoms with van der Waals surface area (Å²) in [5, 5.41) is 16.1. The molecule has 2 rings (SSSR count). The quantitative estimate of drug-likeness (QED) is 0.528. The first-order valence-corrected chi connectivity index (χ1v) is 10.2. The van der Waals surface area contributed by atoms with Gasteiger partial charge in [-0.25, -0.2) is 0 Å². The first-order chi connectivity index (χ1) is 11.5. The van der Waals surface area contributed by atoms with E-state index in [1.165, 1.54) is 0 Å². The van der Waals surface area contributed by atoms with Crippen molar-refractivity contribution < 1.29 is 4.79 Å². The minimum Gasteiger partial charge on any atom is -0.356 e. The highest BCUT2D eigenvalue weighted by molar-refractivity contribution is 7.98. The molecule has 0 unspecified atom stereocenters. The van der Waals surface area contributed by atoms with Crippen molar-refractivity contribution in [1.29, 1.82) is 0 Å². The molecule has 0 radical (unpaired) electrons. The van der Waals surface area contributed by atoms with Gasteiger partial charge in [-0.15, -0.1) is 22.6 Å². The largest absolute Gasteiger partial charge is 0.356 e. The van der Waals surface area contributed by atoms with Crippen LogP contribution in [0, 0.1) is 11.8 Å². The zero-order valence-electron chi connectivity index (χ0n) is 15.7. The van der Waals surface area contributed by atoms with E-state index in [1.54, 1.807) is 11.8 Å². The van der Waals surface area contributed by atoms with E-state index in [1.807, 2.05) is 6.26 Å². The number of hydrogen-bond donors (Lipinski definition) is 2. The van der Waals surface area contributed by atoms with Crippen LogP contribution < -0.4 is 10.6 Å². The minimum absolute atomic E-state index is 0. The lowest BCUT2D eigenvalue weighted by molar-refractivity contribution is -0.126. The molecule has 1 fully saturated rings. The van der Waals surface area contributed by atoms with Crippen molar-refractivity contribution in [3.05, 3.63) is 5.82 Å². The number of hydrogen-bond acceptors (Lipinski definition) is 5. The molecule has 144 valence electrons. The lowest BCUT2D eigenvalue weighted by Crippen LogP contribution is -2.42. The van der Waals surface area contributed by atoms with E-state index in [2.05, 4.69) is 46.2 Å². The Hall–Kier alpha value is -0.790. The van der Waals surface area contributed by atoms with Crippen LogP contribution >= 0.6 is 24.2 Å². The first kappa shape index (κ1) is 22.3. The molecule has 1 aliphatic rings. The molecule has 2 heterocycles. The molecule has 1 aromatic rings. The zero-order valence-corrected chi connectivity index (χ0v) is 17.4. The Kier molecular flexibility index (Phi) is 9.82. The van der Waals surface area contributed by atoms with Gasteiger partial charge in [0.2, 0.25) is 5.91 Å². The molecule has 1 amide bonds. The number of rotatable bonds is 8. The van der Waals surface area contributed by atoms with Crippen LogP contribution in [0.5, 0.6) is 0 Å². The van der Waals surface area contributed by atoms with Crippen molar-refractivity contribution in [2.45, 2.75) is 64.2 Å². The monoisotopic (exact) mass is 389 g/mol. The Morgan fingerprint density at radius 1 is 1.44 bits per heavy atom. The molecule has 0 saturated carbocycles. The van der Waals surface area contributed by atoms with E-state index in [0.29, 0.717) is 18.5 Å². The number of halogens is 1. The van der Waals surface area contributed by atoms with E-state index in [9.17, 15) is 4.79 Å². The normalized spacial score (nSPS) is 20.4. The molecule has 1 aromatic heterocycles. The van der Waals surface area contributed by atoms with E-state index in [-0.39, 0.29) is 24.2 Å². The smallest absolute Gasteiger partial charge is 0.223 e. The highest BCUT2D eigenvalue weighted by atomic mass is 35.5. The Labute approximate surface area is 161 Å². The van der Waals surface area contributed by atoms with E-state index in [4.69, 9.17) is 0 Å². The van der Waals surface area contributed by atoms with Gasteiger partial charge in [-0.2, -0.15) is 0 Å². The molecule has 2 N–H and O–H groups in total. The van der Waals surface area contributed by atoms with Crippen LogP contribution in [0.15, 0.2) is 5.16 Å². The molecule has 0 bridgehead atoms. The molecule has 1 saturated heterocycles. The molecule has 0 aliphatic carbocycles. The van der Waals surface area contributed by atoms with Crippen LogP contribution in [-0.4, -0.2) is 46.1 Å². The highest BCUT2D eigenvalue weighted by Gasteiger charge is 2.24. The Bertz CT molecular complexity index is 537. The Balaban J connectivity index is 0.00000312. The van der Waals surface area contributed by atoms with Gasteiger partial charge in [-0.1, -0.05) is 25.6 Å². The van der Waals surface area contributed by atoms with Crippen molar-refractivity contribution in [2.75, 3.05) is 19.3 Å². The molecule has 25 heavy (non-hydrogen) atoms. The zero-order chi connectivity index (χ0) is 17.5. The van der Waals surface area contributed by atoms with E-state index in [0.717, 1.165) is 49.8 Å². The summed E-state index contributed by atoms with van der Waals surface area (Å²) in [6, 6.07) is 0.439. The number of aryl methyl sites for hydroxylation is 1. The maximum atomic E-state index is 12.2. The summed E-state index contributed by atoms with van der Waals surface area (Å²) >= 11 is 1.63. The topological polar surface area (TPSA) is 71.8 Å². The second kappa shape index (κ2) is 11.0. The third kappa shape index (κ3) is 6.79. The maximum absolute atomic E-state index is 12.2. The van der Waals surface area contributed by atoms with Gasteiger partial charge in [-0.05, 0) is 44.9 Å². The van der Waals surface area contributed by atoms with Crippen LogP contribution in [0.4, 0.5) is 0 Å². The maximum Gasteiger partial charge on any atom is 0.223 e. The van der Waals surface area contributed by atoms with Gasteiger partial charge in [0, 0.05) is 31.5 Å². The van der Waals surface area contributed by atoms with Crippen LogP contribution in [0.3, 0.4) is 0 Å². The number of nitrogens with one attached hydrogen (secondary N) is 2. The summed E-state index contributed by atoms with van der Waals surface area (Å²) in [5.41, 5.74) is 0. The van der Waals surface area contributed by atoms with Gasteiger partial charge >= 0.3 is 0 Å². The first-order valence-electron chi connectivity index (χ1n) is 8.98. The van der Waals surface area contributed by atoms with Crippen molar-refractivity contribution in [1.82, 2.24) is 25.4 Å². The summed E-state index contributed by atoms with van der Waals surface area (Å²) in [7, 11) is 0. The van der Waals surface area contributed by atoms with E-state index >= 15 is 0 Å². The number of carbonyl (C=O) groups is 1. The van der Waals surface area contributed by atoms with Crippen molar-refractivity contribution >= 4 is 30.1 Å². The second-order valence-corrected chi connectivity index (χ2v) is 7.85. The van der Waals surface area contributed by atoms with Crippen LogP contribution in [0.25, 0.3) is 0 Å². The van der Waals surface area contributed by atoms with Crippen LogP contribution in [0.2, 0.25) is 0 Å². The van der Waals surface area contributed by atoms with Gasteiger partial charge in [0.15, 0.2) is 5.16 Å². The summed E-state index contributed by atoms with van der Waals surface area (Å²) in [4.78, 5) is 12.2. The molecule has 0 spiro atoms. The lowest BCUT2D eigenvalue weighted by atomic mass is 9.92. The SMILES string of the molecule is CSc1nnc(CCCNC(=O)[C@H]2CCN[C@@H](C)C2)n1CC(C)C.Cl. The van der Waals surface area contributed by atoms with Gasteiger partial charge in [0.05, 0.1) is 0 Å². The fourth-order valence-electron chi connectivity index (χ4n) is 3.18. The van der Waals surface area contributed by atoms with Crippen LogP contribution in [-0.2, 0) is 17.8 Å². The third-order valence-corrected chi connectivity index (χ3v) is 5.06. The third-order valence-electron chi connectivity index (χ3n) is 4.39. The average Bonchev–Trinajstić information content (AvgIpc) is 2.92. The van der Waals surface area contributed by atoms with Gasteiger partial charge in [-0.3, -0.25) is 4.79 Å². The predicted octanol–water partition coefficient (Wildman–Crippen LogP) is 2.51. The second-order valence-electron chi connectivity index (χ2n) is 7.08. The Morgan fingerprint density at radius 2 is 2.20 bits per heavy atom. The van der Waals surface area contributed by atoms with Crippen molar-refractivity contribution in [3.63, 3.8) is 0 Å². The highest BCUT2D eigenvalue weighted by Crippen LogP contribution is 2.17.